The fourth-order valence-electron chi connectivity index (χ4n) is 1.65. The maximum absolute atomic E-state index is 9.90. The number of aliphatic hydroxyl groups is 1. The van der Waals surface area contributed by atoms with Crippen molar-refractivity contribution in [3.63, 3.8) is 0 Å². The molecule has 1 fully saturated rings. The van der Waals surface area contributed by atoms with Gasteiger partial charge in [-0.15, -0.1) is 0 Å². The van der Waals surface area contributed by atoms with Gasteiger partial charge in [-0.2, -0.15) is 0 Å². The fourth-order valence-corrected chi connectivity index (χ4v) is 1.65. The van der Waals surface area contributed by atoms with E-state index < -0.39 is 6.10 Å². The second kappa shape index (κ2) is 4.77. The number of aliphatic hydroxyl groups excluding tert-OH is 1. The summed E-state index contributed by atoms with van der Waals surface area (Å²) in [5.41, 5.74) is 0. The molecule has 2 aliphatic heterocycles. The van der Waals surface area contributed by atoms with E-state index in [2.05, 4.69) is 0 Å². The quantitative estimate of drug-likeness (QED) is 0.703. The van der Waals surface area contributed by atoms with Gasteiger partial charge in [-0.05, 0) is 18.9 Å². The standard InChI is InChI=1S/C10H16O4/c11-10(8-3-1-2-4-13-8)9-7-12-5-6-14-9/h3,9-11H,1-2,4-7H2. The van der Waals surface area contributed by atoms with E-state index >= 15 is 0 Å². The highest BCUT2D eigenvalue weighted by Crippen LogP contribution is 2.18. The van der Waals surface area contributed by atoms with Crippen molar-refractivity contribution in [2.75, 3.05) is 26.4 Å². The zero-order valence-corrected chi connectivity index (χ0v) is 8.15. The number of hydrogen-bond acceptors (Lipinski definition) is 4. The third-order valence-corrected chi connectivity index (χ3v) is 2.45. The van der Waals surface area contributed by atoms with Crippen molar-refractivity contribution >= 4 is 0 Å². The Morgan fingerprint density at radius 3 is 2.93 bits per heavy atom. The van der Waals surface area contributed by atoms with Crippen LogP contribution in [-0.2, 0) is 14.2 Å². The SMILES string of the molecule is OC(C1=CCCCO1)C1COCCO1. The number of hydrogen-bond donors (Lipinski definition) is 1. The minimum atomic E-state index is -0.671. The highest BCUT2D eigenvalue weighted by molar-refractivity contribution is 5.05. The molecule has 0 aliphatic carbocycles. The Morgan fingerprint density at radius 1 is 1.36 bits per heavy atom. The maximum Gasteiger partial charge on any atom is 0.139 e. The zero-order valence-electron chi connectivity index (χ0n) is 8.15. The monoisotopic (exact) mass is 200 g/mol. The number of ether oxygens (including phenoxy) is 3. The Bertz CT molecular complexity index is 208. The van der Waals surface area contributed by atoms with E-state index in [0.717, 1.165) is 12.8 Å². The summed E-state index contributed by atoms with van der Waals surface area (Å²) in [4.78, 5) is 0. The molecule has 0 aromatic carbocycles. The summed E-state index contributed by atoms with van der Waals surface area (Å²) in [5, 5.41) is 9.90. The van der Waals surface area contributed by atoms with Crippen LogP contribution in [0.15, 0.2) is 11.8 Å². The zero-order chi connectivity index (χ0) is 9.80. The van der Waals surface area contributed by atoms with Gasteiger partial charge in [0, 0.05) is 0 Å². The van der Waals surface area contributed by atoms with E-state index in [1.54, 1.807) is 0 Å². The minimum absolute atomic E-state index is 0.270. The summed E-state index contributed by atoms with van der Waals surface area (Å²) in [6, 6.07) is 0. The van der Waals surface area contributed by atoms with Gasteiger partial charge in [0.25, 0.3) is 0 Å². The van der Waals surface area contributed by atoms with E-state index in [-0.39, 0.29) is 6.10 Å². The van der Waals surface area contributed by atoms with Crippen LogP contribution in [0, 0.1) is 0 Å². The van der Waals surface area contributed by atoms with E-state index in [9.17, 15) is 5.11 Å². The molecule has 0 amide bonds. The Morgan fingerprint density at radius 2 is 2.29 bits per heavy atom. The lowest BCUT2D eigenvalue weighted by atomic mass is 10.1. The molecule has 0 spiro atoms. The third-order valence-electron chi connectivity index (χ3n) is 2.45. The van der Waals surface area contributed by atoms with Crippen LogP contribution >= 0.6 is 0 Å². The molecule has 2 heterocycles. The first-order chi connectivity index (χ1) is 6.88. The summed E-state index contributed by atoms with van der Waals surface area (Å²) >= 11 is 0. The first-order valence-corrected chi connectivity index (χ1v) is 5.08. The van der Waals surface area contributed by atoms with Crippen LogP contribution < -0.4 is 0 Å². The molecule has 0 bridgehead atoms. The number of allylic oxidation sites excluding steroid dienone is 1. The van der Waals surface area contributed by atoms with Gasteiger partial charge in [0.05, 0.1) is 26.4 Å². The molecule has 2 unspecified atom stereocenters. The summed E-state index contributed by atoms with van der Waals surface area (Å²) in [6.07, 6.45) is 2.99. The molecule has 0 radical (unpaired) electrons. The van der Waals surface area contributed by atoms with Crippen LogP contribution in [0.2, 0.25) is 0 Å². The molecule has 4 nitrogen and oxygen atoms in total. The van der Waals surface area contributed by atoms with Crippen LogP contribution in [0.5, 0.6) is 0 Å². The molecule has 2 rings (SSSR count). The molecule has 0 aromatic rings. The van der Waals surface area contributed by atoms with Gasteiger partial charge >= 0.3 is 0 Å². The van der Waals surface area contributed by atoms with Gasteiger partial charge in [0.1, 0.15) is 18.0 Å². The fraction of sp³-hybridized carbons (Fsp3) is 0.800. The topological polar surface area (TPSA) is 47.9 Å². The van der Waals surface area contributed by atoms with Crippen molar-refractivity contribution in [1.29, 1.82) is 0 Å². The highest BCUT2D eigenvalue weighted by atomic mass is 16.6. The molecule has 14 heavy (non-hydrogen) atoms. The smallest absolute Gasteiger partial charge is 0.139 e. The van der Waals surface area contributed by atoms with Crippen LogP contribution in [0.4, 0.5) is 0 Å². The average Bonchev–Trinajstić information content (AvgIpc) is 2.30. The van der Waals surface area contributed by atoms with Crippen molar-refractivity contribution in [2.45, 2.75) is 25.0 Å². The van der Waals surface area contributed by atoms with Crippen LogP contribution in [0.1, 0.15) is 12.8 Å². The van der Waals surface area contributed by atoms with Crippen molar-refractivity contribution in [2.24, 2.45) is 0 Å². The van der Waals surface area contributed by atoms with Crippen molar-refractivity contribution < 1.29 is 19.3 Å². The Balaban J connectivity index is 1.91. The average molecular weight is 200 g/mol. The van der Waals surface area contributed by atoms with Gasteiger partial charge in [-0.3, -0.25) is 0 Å². The van der Waals surface area contributed by atoms with Crippen molar-refractivity contribution in [3.8, 4) is 0 Å². The van der Waals surface area contributed by atoms with Crippen molar-refractivity contribution in [1.82, 2.24) is 0 Å². The predicted octanol–water partition coefficient (Wildman–Crippen LogP) is 0.457. The van der Waals surface area contributed by atoms with Crippen LogP contribution in [0.25, 0.3) is 0 Å². The molecule has 2 aliphatic rings. The number of rotatable bonds is 2. The van der Waals surface area contributed by atoms with Gasteiger partial charge in [-0.25, -0.2) is 0 Å². The Labute approximate surface area is 83.5 Å². The minimum Gasteiger partial charge on any atom is -0.495 e. The maximum atomic E-state index is 9.90. The van der Waals surface area contributed by atoms with Gasteiger partial charge < -0.3 is 19.3 Å². The lowest BCUT2D eigenvalue weighted by molar-refractivity contribution is -0.133. The summed E-state index contributed by atoms with van der Waals surface area (Å²) in [6.45, 7) is 2.30. The van der Waals surface area contributed by atoms with Crippen LogP contribution in [-0.4, -0.2) is 43.7 Å². The van der Waals surface area contributed by atoms with Crippen molar-refractivity contribution in [3.05, 3.63) is 11.8 Å². The molecule has 0 saturated carbocycles. The van der Waals surface area contributed by atoms with Gasteiger partial charge in [0.2, 0.25) is 0 Å². The van der Waals surface area contributed by atoms with Gasteiger partial charge in [0.15, 0.2) is 0 Å². The lowest BCUT2D eigenvalue weighted by Crippen LogP contribution is -2.40. The predicted molar refractivity (Wildman–Crippen MR) is 49.8 cm³/mol. The molecule has 0 aromatic heterocycles. The summed E-state index contributed by atoms with van der Waals surface area (Å²) in [7, 11) is 0. The summed E-state index contributed by atoms with van der Waals surface area (Å²) in [5.74, 6) is 0.645. The highest BCUT2D eigenvalue weighted by Gasteiger charge is 2.28. The van der Waals surface area contributed by atoms with E-state index in [1.807, 2.05) is 6.08 Å². The first kappa shape index (κ1) is 9.96. The molecular formula is C10H16O4. The van der Waals surface area contributed by atoms with Gasteiger partial charge in [-0.1, -0.05) is 0 Å². The molecule has 4 heteroatoms. The van der Waals surface area contributed by atoms with Crippen LogP contribution in [0.3, 0.4) is 0 Å². The second-order valence-electron chi connectivity index (χ2n) is 3.53. The van der Waals surface area contributed by atoms with E-state index in [4.69, 9.17) is 14.2 Å². The summed E-state index contributed by atoms with van der Waals surface area (Å²) < 4.78 is 16.0. The first-order valence-electron chi connectivity index (χ1n) is 5.08. The largest absolute Gasteiger partial charge is 0.495 e. The lowest BCUT2D eigenvalue weighted by Gasteiger charge is -2.29. The molecule has 2 atom stereocenters. The molecule has 1 N–H and O–H groups in total. The second-order valence-corrected chi connectivity index (χ2v) is 3.53. The van der Waals surface area contributed by atoms with E-state index in [0.29, 0.717) is 32.2 Å². The Hall–Kier alpha value is -0.580. The molecular weight excluding hydrogens is 184 g/mol. The normalized spacial score (nSPS) is 30.4. The molecule has 80 valence electrons. The third kappa shape index (κ3) is 2.26. The molecule has 1 saturated heterocycles. The van der Waals surface area contributed by atoms with E-state index in [1.165, 1.54) is 0 Å². The Kier molecular flexibility index (Phi) is 3.39.